The van der Waals surface area contributed by atoms with E-state index in [-0.39, 0.29) is 35.2 Å². The van der Waals surface area contributed by atoms with Crippen LogP contribution in [0.15, 0.2) is 140 Å². The minimum atomic E-state index is -1.21. The van der Waals surface area contributed by atoms with Crippen molar-refractivity contribution in [3.63, 3.8) is 0 Å². The molecule has 462 valence electrons. The number of nitrogens with one attached hydrogen (secondary N) is 1. The van der Waals surface area contributed by atoms with Crippen molar-refractivity contribution >= 4 is 40.5 Å². The van der Waals surface area contributed by atoms with Crippen LogP contribution < -0.4 is 5.48 Å². The molecule has 1 amide bonds. The van der Waals surface area contributed by atoms with Crippen LogP contribution in [-0.2, 0) is 50.3 Å². The summed E-state index contributed by atoms with van der Waals surface area (Å²) in [5, 5.41) is 19.1. The number of aromatic nitrogens is 6. The topological polar surface area (TPSA) is 217 Å². The van der Waals surface area contributed by atoms with Gasteiger partial charge in [0.25, 0.3) is 5.91 Å². The number of hydroxylamine groups is 1. The Balaban J connectivity index is 0.000000154. The average Bonchev–Trinajstić information content (AvgIpc) is 1.80. The van der Waals surface area contributed by atoms with Gasteiger partial charge in [0, 0.05) is 18.6 Å². The van der Waals surface area contributed by atoms with Gasteiger partial charge in [-0.3, -0.25) is 54.3 Å². The number of hydrogen-bond donors (Lipinski definition) is 3. The fraction of sp³-hybridized carbons (Fsp3) is 0.314. The fourth-order valence-electron chi connectivity index (χ4n) is 12.4. The minimum Gasteiger partial charge on any atom is -0.480 e. The van der Waals surface area contributed by atoms with Gasteiger partial charge in [0.05, 0.1) is 72.4 Å². The molecule has 4 aliphatic rings. The van der Waals surface area contributed by atoms with E-state index in [9.17, 15) is 47.1 Å². The molecule has 11 rings (SSSR count). The monoisotopic (exact) mass is 1210 g/mol. The van der Waals surface area contributed by atoms with Crippen molar-refractivity contribution in [3.05, 3.63) is 242 Å². The molecular formula is C70H71F4N7O8. The van der Waals surface area contributed by atoms with Crippen LogP contribution in [0.4, 0.5) is 17.6 Å². The molecule has 0 saturated carbocycles. The molecule has 89 heavy (non-hydrogen) atoms. The highest BCUT2D eigenvalue weighted by atomic mass is 19.1. The Labute approximate surface area is 514 Å². The zero-order chi connectivity index (χ0) is 64.6. The van der Waals surface area contributed by atoms with Gasteiger partial charge in [-0.25, -0.2) is 23.0 Å². The first-order valence-corrected chi connectivity index (χ1v) is 29.0. The quantitative estimate of drug-likeness (QED) is 0.0361. The summed E-state index contributed by atoms with van der Waals surface area (Å²) >= 11 is 0. The van der Waals surface area contributed by atoms with Crippen LogP contribution in [0.5, 0.6) is 0 Å². The SMILES string of the molecule is COC(=O)[C@]1(c2cccc(F)c2C)C=C(C)CC1.COC(=O)[C@]1(c2cccc(F)c2C)C=C(c2cnc(C)cn2)CC1.Cc1cnc(C2=C[C@](C(=O)NO)(c3cccc(F)c3C)CC2)cn1.Cc1cnc(C2=C[C@](C(=O)O)(c3cccc(F)c3C)CC2)cn1. The van der Waals surface area contributed by atoms with E-state index < -0.39 is 33.5 Å². The van der Waals surface area contributed by atoms with Crippen LogP contribution in [0.25, 0.3) is 16.7 Å². The lowest BCUT2D eigenvalue weighted by atomic mass is 9.77. The number of ether oxygens (including phenoxy) is 2. The summed E-state index contributed by atoms with van der Waals surface area (Å²) in [7, 11) is 2.73. The largest absolute Gasteiger partial charge is 0.480 e. The summed E-state index contributed by atoms with van der Waals surface area (Å²) in [6.45, 7) is 14.2. The van der Waals surface area contributed by atoms with Crippen LogP contribution in [-0.4, -0.2) is 78.3 Å². The van der Waals surface area contributed by atoms with E-state index in [0.717, 1.165) is 51.5 Å². The van der Waals surface area contributed by atoms with Gasteiger partial charge in [-0.1, -0.05) is 78.4 Å². The van der Waals surface area contributed by atoms with E-state index in [2.05, 4.69) is 29.9 Å². The van der Waals surface area contributed by atoms with Gasteiger partial charge < -0.3 is 14.6 Å². The molecule has 4 aliphatic carbocycles. The molecule has 3 heterocycles. The standard InChI is InChI=1S/C19H19FN2O2.C18H18FN3O2.C18H17FN2O2.C15H17FO2/c1-12-10-22-17(11-21-12)14-7-8-19(9-14,18(23)24-3)15-5-4-6-16(20)13(15)2;1-11-9-21-16(10-20-11)13-6-7-18(8-13,17(23)22-24)14-4-3-5-15(19)12(14)2;1-11-9-21-16(10-20-11)13-6-7-18(8-13,17(22)23)14-4-3-5-15(19)12(14)2;1-10-7-8-15(9-10,14(17)18-3)12-5-4-6-13(16)11(12)2/h4-6,9-11H,7-8H2,1-3H3;3-5,8-10,24H,6-7H2,1-2H3,(H,22,23);3-5,8-10H,6-7H2,1-2H3,(H,22,23);4-6,9H,7-8H2,1-3H3/t19-;2*18-;15-/m0000/s1. The molecule has 19 heteroatoms. The van der Waals surface area contributed by atoms with E-state index in [1.165, 1.54) is 38.5 Å². The van der Waals surface area contributed by atoms with E-state index in [1.54, 1.807) is 125 Å². The highest BCUT2D eigenvalue weighted by molar-refractivity contribution is 5.94. The molecule has 0 radical (unpaired) electrons. The minimum absolute atomic E-state index is 0.284. The van der Waals surface area contributed by atoms with Crippen LogP contribution in [0.1, 0.15) is 137 Å². The van der Waals surface area contributed by atoms with Crippen molar-refractivity contribution in [2.24, 2.45) is 0 Å². The maximum Gasteiger partial charge on any atom is 0.320 e. The first-order valence-electron chi connectivity index (χ1n) is 29.0. The fourth-order valence-corrected chi connectivity index (χ4v) is 12.4. The Kier molecular flexibility index (Phi) is 20.2. The van der Waals surface area contributed by atoms with Crippen molar-refractivity contribution in [2.75, 3.05) is 14.2 Å². The zero-order valence-electron chi connectivity index (χ0n) is 51.4. The molecule has 0 spiro atoms. The molecule has 15 nitrogen and oxygen atoms in total. The number of rotatable bonds is 11. The van der Waals surface area contributed by atoms with Crippen LogP contribution in [0.3, 0.4) is 0 Å². The van der Waals surface area contributed by atoms with E-state index in [4.69, 9.17) is 9.47 Å². The van der Waals surface area contributed by atoms with Crippen molar-refractivity contribution in [1.29, 1.82) is 0 Å². The van der Waals surface area contributed by atoms with Crippen molar-refractivity contribution < 1.29 is 56.5 Å². The molecule has 0 aliphatic heterocycles. The van der Waals surface area contributed by atoms with E-state index in [0.29, 0.717) is 101 Å². The third kappa shape index (κ3) is 13.3. The molecule has 3 N–H and O–H groups in total. The number of esters is 2. The number of nitrogens with zero attached hydrogens (tertiary/aromatic N) is 6. The van der Waals surface area contributed by atoms with E-state index >= 15 is 0 Å². The summed E-state index contributed by atoms with van der Waals surface area (Å²) < 4.78 is 65.6. The lowest BCUT2D eigenvalue weighted by molar-refractivity contribution is -0.146. The van der Waals surface area contributed by atoms with Crippen molar-refractivity contribution in [2.45, 2.75) is 128 Å². The molecule has 0 saturated heterocycles. The number of carboxylic acid groups (broad SMARTS) is 1. The number of amides is 1. The van der Waals surface area contributed by atoms with Crippen LogP contribution >= 0.6 is 0 Å². The number of aryl methyl sites for hydroxylation is 3. The number of halogens is 4. The van der Waals surface area contributed by atoms with Gasteiger partial charge >= 0.3 is 17.9 Å². The lowest BCUT2D eigenvalue weighted by Gasteiger charge is -2.27. The normalized spacial score (nSPS) is 20.6. The van der Waals surface area contributed by atoms with E-state index in [1.807, 2.05) is 45.9 Å². The molecule has 4 atom stereocenters. The Morgan fingerprint density at radius 2 is 0.730 bits per heavy atom. The Hall–Kier alpha value is -9.36. The lowest BCUT2D eigenvalue weighted by Crippen LogP contribution is -2.41. The summed E-state index contributed by atoms with van der Waals surface area (Å²) in [5.74, 6) is -3.62. The third-order valence-corrected chi connectivity index (χ3v) is 17.3. The van der Waals surface area contributed by atoms with Crippen molar-refractivity contribution in [1.82, 2.24) is 35.4 Å². The first-order chi connectivity index (χ1) is 42.4. The zero-order valence-corrected chi connectivity index (χ0v) is 51.4. The second-order valence-corrected chi connectivity index (χ2v) is 22.9. The summed E-state index contributed by atoms with van der Waals surface area (Å²) in [6, 6.07) is 18.9. The number of methoxy groups -OCH3 is 2. The molecule has 4 aromatic carbocycles. The molecule has 0 unspecified atom stereocenters. The number of carbonyl (C=O) groups excluding carboxylic acids is 3. The predicted molar refractivity (Wildman–Crippen MR) is 328 cm³/mol. The molecule has 7 aromatic rings. The number of carboxylic acids is 1. The smallest absolute Gasteiger partial charge is 0.320 e. The number of benzene rings is 4. The second kappa shape index (κ2) is 27.4. The van der Waals surface area contributed by atoms with Gasteiger partial charge in [-0.2, -0.15) is 0 Å². The van der Waals surface area contributed by atoms with Gasteiger partial charge in [0.15, 0.2) is 0 Å². The van der Waals surface area contributed by atoms with Gasteiger partial charge in [-0.05, 0) is 192 Å². The van der Waals surface area contributed by atoms with Crippen LogP contribution in [0.2, 0.25) is 0 Å². The first kappa shape index (κ1) is 65.6. The highest BCUT2D eigenvalue weighted by Crippen LogP contribution is 2.48. The predicted octanol–water partition coefficient (Wildman–Crippen LogP) is 13.1. The number of allylic oxidation sites excluding steroid dienone is 4. The summed E-state index contributed by atoms with van der Waals surface area (Å²) in [5.41, 5.74) is 10.1. The maximum atomic E-state index is 14.0. The molecule has 0 bridgehead atoms. The molecule has 3 aromatic heterocycles. The van der Waals surface area contributed by atoms with Crippen LogP contribution in [0, 0.1) is 71.7 Å². The molecular weight excluding hydrogens is 1140 g/mol. The number of hydrogen-bond acceptors (Lipinski definition) is 13. The average molecular weight is 1210 g/mol. The van der Waals surface area contributed by atoms with Gasteiger partial charge in [0.1, 0.15) is 39.5 Å². The Morgan fingerprint density at radius 3 is 1.04 bits per heavy atom. The van der Waals surface area contributed by atoms with Crippen molar-refractivity contribution in [3.8, 4) is 0 Å². The number of aliphatic carboxylic acids is 1. The molecule has 0 fully saturated rings. The second-order valence-electron chi connectivity index (χ2n) is 22.9. The maximum absolute atomic E-state index is 14.0. The number of carbonyl (C=O) groups is 4. The van der Waals surface area contributed by atoms with Gasteiger partial charge in [-0.15, -0.1) is 0 Å². The van der Waals surface area contributed by atoms with Gasteiger partial charge in [0.2, 0.25) is 0 Å². The third-order valence-electron chi connectivity index (χ3n) is 17.3. The summed E-state index contributed by atoms with van der Waals surface area (Å²) in [4.78, 5) is 75.0. The Morgan fingerprint density at radius 1 is 0.427 bits per heavy atom. The summed E-state index contributed by atoms with van der Waals surface area (Å²) in [6.07, 6.45) is 21.9. The highest BCUT2D eigenvalue weighted by Gasteiger charge is 2.47. The Bertz CT molecular complexity index is 3830.